The highest BCUT2D eigenvalue weighted by molar-refractivity contribution is 7.89. The molecule has 1 aromatic heterocycles. The van der Waals surface area contributed by atoms with Gasteiger partial charge in [-0.1, -0.05) is 6.08 Å². The molecule has 2 saturated heterocycles. The van der Waals surface area contributed by atoms with E-state index in [1.165, 1.54) is 16.9 Å². The van der Waals surface area contributed by atoms with Gasteiger partial charge >= 0.3 is 0 Å². The van der Waals surface area contributed by atoms with Crippen LogP contribution in [0.25, 0.3) is 16.0 Å². The van der Waals surface area contributed by atoms with Crippen molar-refractivity contribution >= 4 is 39.1 Å². The molecule has 1 aliphatic carbocycles. The lowest BCUT2D eigenvalue weighted by atomic mass is 9.82. The van der Waals surface area contributed by atoms with E-state index < -0.39 is 15.9 Å². The van der Waals surface area contributed by atoms with Crippen molar-refractivity contribution in [3.63, 3.8) is 0 Å². The van der Waals surface area contributed by atoms with E-state index >= 15 is 0 Å². The molecule has 2 aliphatic heterocycles. The number of carbonyl (C=O) groups excluding carboxylic acids is 2. The topological polar surface area (TPSA) is 110 Å². The third-order valence-electron chi connectivity index (χ3n) is 8.12. The van der Waals surface area contributed by atoms with Crippen molar-refractivity contribution < 1.29 is 22.7 Å². The highest BCUT2D eigenvalue weighted by Gasteiger charge is 2.31. The fraction of sp³-hybridized carbons (Fsp3) is 0.517. The summed E-state index contributed by atoms with van der Waals surface area (Å²) in [6, 6.07) is 7.69. The minimum atomic E-state index is -3.30. The molecule has 2 N–H and O–H groups in total. The van der Waals surface area contributed by atoms with Crippen molar-refractivity contribution in [1.82, 2.24) is 9.21 Å². The van der Waals surface area contributed by atoms with Crippen molar-refractivity contribution in [3.8, 4) is 10.4 Å². The summed E-state index contributed by atoms with van der Waals surface area (Å²) in [7, 11) is -3.30. The summed E-state index contributed by atoms with van der Waals surface area (Å²) < 4.78 is 33.3. The smallest absolute Gasteiger partial charge is 0.249 e. The predicted octanol–water partition coefficient (Wildman–Crippen LogP) is 3.81. The number of morpholine rings is 1. The van der Waals surface area contributed by atoms with Crippen LogP contribution >= 0.6 is 11.3 Å². The molecule has 0 atom stereocenters. The summed E-state index contributed by atoms with van der Waals surface area (Å²) in [6.45, 7) is 4.97. The lowest BCUT2D eigenvalue weighted by Gasteiger charge is -2.33. The van der Waals surface area contributed by atoms with Gasteiger partial charge < -0.3 is 10.5 Å². The van der Waals surface area contributed by atoms with Crippen LogP contribution in [0.5, 0.6) is 0 Å². The van der Waals surface area contributed by atoms with Gasteiger partial charge in [0.15, 0.2) is 6.29 Å². The van der Waals surface area contributed by atoms with E-state index in [1.807, 2.05) is 12.1 Å². The number of nitrogens with two attached hydrogens (primary N) is 1. The number of carbonyl (C=O) groups is 2. The Hall–Kier alpha value is -2.37. The number of sulfonamides is 1. The number of hydrogen-bond acceptors (Lipinski definition) is 7. The van der Waals surface area contributed by atoms with Gasteiger partial charge in [-0.2, -0.15) is 0 Å². The van der Waals surface area contributed by atoms with Gasteiger partial charge in [-0.05, 0) is 97.5 Å². The van der Waals surface area contributed by atoms with Gasteiger partial charge in [0, 0.05) is 36.6 Å². The Labute approximate surface area is 234 Å². The van der Waals surface area contributed by atoms with Crippen LogP contribution in [0.3, 0.4) is 0 Å². The first-order valence-corrected chi connectivity index (χ1v) is 16.3. The lowest BCUT2D eigenvalue weighted by Crippen LogP contribution is -2.41. The second kappa shape index (κ2) is 12.4. The zero-order chi connectivity index (χ0) is 27.4. The summed E-state index contributed by atoms with van der Waals surface area (Å²) in [6.07, 6.45) is 7.86. The first kappa shape index (κ1) is 28.2. The molecule has 5 rings (SSSR count). The number of thiophene rings is 1. The number of ether oxygens (including phenoxy) is 1. The maximum Gasteiger partial charge on any atom is 0.249 e. The molecule has 0 saturated carbocycles. The molecule has 0 spiro atoms. The molecule has 0 bridgehead atoms. The number of piperidine rings is 1. The monoisotopic (exact) mass is 571 g/mol. The molecule has 10 heteroatoms. The van der Waals surface area contributed by atoms with Crippen LogP contribution in [0.15, 0.2) is 30.3 Å². The van der Waals surface area contributed by atoms with Crippen LogP contribution < -0.4 is 5.73 Å². The van der Waals surface area contributed by atoms with Gasteiger partial charge in [0.05, 0.1) is 23.8 Å². The summed E-state index contributed by atoms with van der Waals surface area (Å²) in [5, 5.41) is 0. The molecule has 2 aromatic rings. The summed E-state index contributed by atoms with van der Waals surface area (Å²) in [5.41, 5.74) is 10.5. The Balaban J connectivity index is 1.32. The highest BCUT2D eigenvalue weighted by Crippen LogP contribution is 2.41. The summed E-state index contributed by atoms with van der Waals surface area (Å²) in [4.78, 5) is 27.6. The minimum Gasteiger partial charge on any atom is -0.379 e. The average Bonchev–Trinajstić information content (AvgIpc) is 3.33. The van der Waals surface area contributed by atoms with E-state index in [0.717, 1.165) is 92.8 Å². The normalized spacial score (nSPS) is 19.7. The molecule has 8 nitrogen and oxygen atoms in total. The van der Waals surface area contributed by atoms with E-state index in [-0.39, 0.29) is 11.7 Å². The Bertz CT molecular complexity index is 1340. The number of allylic oxidation sites excluding steroid dienone is 2. The van der Waals surface area contributed by atoms with Crippen LogP contribution in [-0.2, 0) is 21.2 Å². The number of primary amides is 1. The second-order valence-electron chi connectivity index (χ2n) is 10.6. The van der Waals surface area contributed by atoms with E-state index in [1.54, 1.807) is 10.4 Å². The zero-order valence-electron chi connectivity index (χ0n) is 22.3. The molecular weight excluding hydrogens is 534 g/mol. The van der Waals surface area contributed by atoms with Crippen molar-refractivity contribution in [1.29, 1.82) is 0 Å². The molecule has 0 unspecified atom stereocenters. The van der Waals surface area contributed by atoms with E-state index in [2.05, 4.69) is 17.0 Å². The summed E-state index contributed by atoms with van der Waals surface area (Å²) >= 11 is 1.40. The standard InChI is InChI=1S/C29H37N3O5S2/c30-29(34)27-19-22(28-7-6-23(20-33)38-28)18-26-24(4-1-2-5-25(26)27)21-8-11-32(12-9-21)39(35,36)17-3-10-31-13-15-37-16-14-31/h4,6-7,18-21H,1-3,5,8-17H2,(H2,30,34). The van der Waals surface area contributed by atoms with E-state index in [9.17, 15) is 18.0 Å². The third-order valence-corrected chi connectivity index (χ3v) is 11.1. The van der Waals surface area contributed by atoms with Crippen LogP contribution in [0.1, 0.15) is 63.3 Å². The fourth-order valence-electron chi connectivity index (χ4n) is 6.03. The van der Waals surface area contributed by atoms with E-state index in [4.69, 9.17) is 10.5 Å². The average molecular weight is 572 g/mol. The quantitative estimate of drug-likeness (QED) is 0.459. The van der Waals surface area contributed by atoms with Gasteiger partial charge in [-0.25, -0.2) is 12.7 Å². The zero-order valence-corrected chi connectivity index (χ0v) is 23.9. The van der Waals surface area contributed by atoms with Crippen LogP contribution in [0.4, 0.5) is 0 Å². The van der Waals surface area contributed by atoms with Crippen molar-refractivity contribution in [2.75, 3.05) is 51.7 Å². The number of fused-ring (bicyclic) bond motifs is 1. The predicted molar refractivity (Wildman–Crippen MR) is 155 cm³/mol. The van der Waals surface area contributed by atoms with Crippen molar-refractivity contribution in [3.05, 3.63) is 51.9 Å². The first-order valence-electron chi connectivity index (χ1n) is 13.9. The fourth-order valence-corrected chi connectivity index (χ4v) is 8.36. The minimum absolute atomic E-state index is 0.176. The maximum absolute atomic E-state index is 13.1. The molecule has 1 aromatic carbocycles. The maximum atomic E-state index is 13.1. The van der Waals surface area contributed by atoms with Gasteiger partial charge in [0.25, 0.3) is 0 Å². The van der Waals surface area contributed by atoms with Crippen LogP contribution in [-0.4, -0.2) is 81.5 Å². The molecule has 3 heterocycles. The molecule has 1 amide bonds. The molecule has 2 fully saturated rings. The largest absolute Gasteiger partial charge is 0.379 e. The van der Waals surface area contributed by atoms with Crippen molar-refractivity contribution in [2.24, 2.45) is 11.7 Å². The third kappa shape index (κ3) is 6.52. The van der Waals surface area contributed by atoms with Gasteiger partial charge in [0.1, 0.15) is 0 Å². The number of nitrogens with zero attached hydrogens (tertiary/aromatic N) is 2. The van der Waals surface area contributed by atoms with Gasteiger partial charge in [-0.3, -0.25) is 14.5 Å². The summed E-state index contributed by atoms with van der Waals surface area (Å²) in [5.74, 6) is -0.0545. The SMILES string of the molecule is NC(=O)c1cc(-c2ccc(C=O)s2)cc2c1CCCC=C2C1CCN(S(=O)(=O)CCCN2CCOCC2)CC1. The Morgan fingerprint density at radius 1 is 1.13 bits per heavy atom. The molecule has 210 valence electrons. The van der Waals surface area contributed by atoms with E-state index in [0.29, 0.717) is 30.0 Å². The number of benzene rings is 1. The Morgan fingerprint density at radius 3 is 2.59 bits per heavy atom. The number of amides is 1. The van der Waals surface area contributed by atoms with Gasteiger partial charge in [0.2, 0.25) is 15.9 Å². The van der Waals surface area contributed by atoms with Crippen LogP contribution in [0, 0.1) is 5.92 Å². The van der Waals surface area contributed by atoms with Crippen molar-refractivity contribution in [2.45, 2.75) is 38.5 Å². The molecule has 0 radical (unpaired) electrons. The Morgan fingerprint density at radius 2 is 1.90 bits per heavy atom. The molecule has 39 heavy (non-hydrogen) atoms. The number of hydrogen-bond donors (Lipinski definition) is 1. The first-order chi connectivity index (χ1) is 18.9. The van der Waals surface area contributed by atoms with Crippen LogP contribution in [0.2, 0.25) is 0 Å². The number of aldehydes is 1. The Kier molecular flexibility index (Phi) is 8.98. The number of rotatable bonds is 9. The molecule has 3 aliphatic rings. The molecular formula is C29H37N3O5S2. The second-order valence-corrected chi connectivity index (χ2v) is 13.8. The highest BCUT2D eigenvalue weighted by atomic mass is 32.2. The van der Waals surface area contributed by atoms with Gasteiger partial charge in [-0.15, -0.1) is 11.3 Å². The lowest BCUT2D eigenvalue weighted by molar-refractivity contribution is 0.0380.